The fourth-order valence-corrected chi connectivity index (χ4v) is 4.94. The van der Waals surface area contributed by atoms with Crippen molar-refractivity contribution in [1.29, 1.82) is 0 Å². The third-order valence-corrected chi connectivity index (χ3v) is 6.68. The largest absolute Gasteiger partial charge is 0.345 e. The Kier molecular flexibility index (Phi) is 7.52. The molecule has 160 valence electrons. The maximum absolute atomic E-state index is 12.7. The van der Waals surface area contributed by atoms with E-state index in [1.165, 1.54) is 0 Å². The number of amides is 1. The summed E-state index contributed by atoms with van der Waals surface area (Å²) < 4.78 is 27.4. The molecule has 1 heterocycles. The predicted octanol–water partition coefficient (Wildman–Crippen LogP) is 2.98. The molecule has 30 heavy (non-hydrogen) atoms. The van der Waals surface area contributed by atoms with E-state index in [2.05, 4.69) is 20.0 Å². The lowest BCUT2D eigenvalue weighted by Crippen LogP contribution is -2.46. The Morgan fingerprint density at radius 2 is 1.83 bits per heavy atom. The van der Waals surface area contributed by atoms with Crippen molar-refractivity contribution in [3.05, 3.63) is 66.0 Å². The third kappa shape index (κ3) is 6.07. The van der Waals surface area contributed by atoms with Gasteiger partial charge in [-0.15, -0.1) is 0 Å². The number of fused-ring (bicyclic) bond motifs is 1. The standard InChI is InChI=1S/C21H26N4O3S2/c1-15(25-30(27,28)14-16-8-4-3-5-9-16)21(26)24-19(12-13-29-2)20-22-17-10-6-7-11-18(17)23-20/h3-11,15,19,25H,12-14H2,1-2H3,(H,22,23)(H,24,26)/t15-,19-/m0/s1. The van der Waals surface area contributed by atoms with Crippen LogP contribution in [0, 0.1) is 0 Å². The van der Waals surface area contributed by atoms with Crippen LogP contribution in [0.4, 0.5) is 0 Å². The lowest BCUT2D eigenvalue weighted by Gasteiger charge is -2.20. The molecular formula is C21H26N4O3S2. The number of hydrogen-bond acceptors (Lipinski definition) is 5. The predicted molar refractivity (Wildman–Crippen MR) is 122 cm³/mol. The first-order chi connectivity index (χ1) is 14.4. The highest BCUT2D eigenvalue weighted by Gasteiger charge is 2.24. The van der Waals surface area contributed by atoms with Crippen LogP contribution in [0.5, 0.6) is 0 Å². The van der Waals surface area contributed by atoms with Crippen molar-refractivity contribution < 1.29 is 13.2 Å². The fraction of sp³-hybridized carbons (Fsp3) is 0.333. The second kappa shape index (κ2) is 10.1. The number of benzene rings is 2. The van der Waals surface area contributed by atoms with Crippen LogP contribution in [0.25, 0.3) is 11.0 Å². The Bertz CT molecular complexity index is 1050. The molecule has 1 aromatic heterocycles. The van der Waals surface area contributed by atoms with E-state index in [1.807, 2.05) is 36.6 Å². The summed E-state index contributed by atoms with van der Waals surface area (Å²) in [6.45, 7) is 1.54. The first kappa shape index (κ1) is 22.3. The van der Waals surface area contributed by atoms with Crippen molar-refractivity contribution in [3.63, 3.8) is 0 Å². The van der Waals surface area contributed by atoms with E-state index < -0.39 is 22.0 Å². The Labute approximate surface area is 181 Å². The van der Waals surface area contributed by atoms with E-state index in [4.69, 9.17) is 0 Å². The molecule has 9 heteroatoms. The van der Waals surface area contributed by atoms with Gasteiger partial charge >= 0.3 is 0 Å². The average molecular weight is 447 g/mol. The SMILES string of the molecule is CSCC[C@H](NC(=O)[C@H](C)NS(=O)(=O)Cc1ccccc1)c1nc2ccccc2[nH]1. The Morgan fingerprint density at radius 1 is 1.13 bits per heavy atom. The number of thioether (sulfide) groups is 1. The Hall–Kier alpha value is -2.36. The number of hydrogen-bond donors (Lipinski definition) is 3. The van der Waals surface area contributed by atoms with Crippen LogP contribution in [0.2, 0.25) is 0 Å². The summed E-state index contributed by atoms with van der Waals surface area (Å²) in [4.78, 5) is 20.6. The minimum Gasteiger partial charge on any atom is -0.345 e. The van der Waals surface area contributed by atoms with Gasteiger partial charge < -0.3 is 10.3 Å². The van der Waals surface area contributed by atoms with Crippen LogP contribution in [-0.4, -0.2) is 42.3 Å². The monoisotopic (exact) mass is 446 g/mol. The van der Waals surface area contributed by atoms with Gasteiger partial charge in [-0.25, -0.2) is 18.1 Å². The zero-order valence-corrected chi connectivity index (χ0v) is 18.6. The van der Waals surface area contributed by atoms with Gasteiger partial charge in [-0.1, -0.05) is 42.5 Å². The number of carbonyl (C=O) groups excluding carboxylic acids is 1. The number of carbonyl (C=O) groups is 1. The molecule has 3 rings (SSSR count). The summed E-state index contributed by atoms with van der Waals surface area (Å²) in [5, 5.41) is 2.94. The molecule has 0 aliphatic carbocycles. The van der Waals surface area contributed by atoms with Gasteiger partial charge in [-0.2, -0.15) is 11.8 Å². The summed E-state index contributed by atoms with van der Waals surface area (Å²) in [6, 6.07) is 15.3. The van der Waals surface area contributed by atoms with Gasteiger partial charge in [-0.3, -0.25) is 4.79 Å². The quantitative estimate of drug-likeness (QED) is 0.444. The number of nitrogens with one attached hydrogen (secondary N) is 3. The molecule has 0 saturated carbocycles. The summed E-state index contributed by atoms with van der Waals surface area (Å²) in [7, 11) is -3.66. The first-order valence-corrected chi connectivity index (χ1v) is 12.7. The molecule has 0 fully saturated rings. The molecule has 1 amide bonds. The number of imidazole rings is 1. The smallest absolute Gasteiger partial charge is 0.238 e. The van der Waals surface area contributed by atoms with Gasteiger partial charge in [-0.05, 0) is 43.0 Å². The van der Waals surface area contributed by atoms with Crippen molar-refractivity contribution in [2.75, 3.05) is 12.0 Å². The van der Waals surface area contributed by atoms with Crippen LogP contribution in [0.15, 0.2) is 54.6 Å². The summed E-state index contributed by atoms with van der Waals surface area (Å²) in [6.07, 6.45) is 2.67. The molecule has 2 atom stereocenters. The minimum absolute atomic E-state index is 0.176. The van der Waals surface area contributed by atoms with Gasteiger partial charge in [0.15, 0.2) is 0 Å². The van der Waals surface area contributed by atoms with Crippen LogP contribution >= 0.6 is 11.8 Å². The molecule has 3 aromatic rings. The highest BCUT2D eigenvalue weighted by molar-refractivity contribution is 7.98. The molecule has 0 spiro atoms. The molecule has 0 radical (unpaired) electrons. The molecule has 0 aliphatic heterocycles. The lowest BCUT2D eigenvalue weighted by molar-refractivity contribution is -0.123. The normalized spacial score (nSPS) is 13.8. The van der Waals surface area contributed by atoms with Crippen molar-refractivity contribution in [2.45, 2.75) is 31.2 Å². The second-order valence-electron chi connectivity index (χ2n) is 7.07. The van der Waals surface area contributed by atoms with Crippen LogP contribution in [-0.2, 0) is 20.6 Å². The Morgan fingerprint density at radius 3 is 2.53 bits per heavy atom. The summed E-state index contributed by atoms with van der Waals surface area (Å²) in [5.74, 6) is 0.928. The highest BCUT2D eigenvalue weighted by atomic mass is 32.2. The number of rotatable bonds is 10. The maximum atomic E-state index is 12.7. The van der Waals surface area contributed by atoms with Gasteiger partial charge in [0, 0.05) is 0 Å². The number of para-hydroxylation sites is 2. The molecule has 3 N–H and O–H groups in total. The van der Waals surface area contributed by atoms with Crippen LogP contribution < -0.4 is 10.0 Å². The first-order valence-electron chi connectivity index (χ1n) is 9.66. The summed E-state index contributed by atoms with van der Waals surface area (Å²) >= 11 is 1.67. The number of sulfonamides is 1. The molecule has 0 saturated heterocycles. The zero-order chi connectivity index (χ0) is 21.6. The van der Waals surface area contributed by atoms with Crippen LogP contribution in [0.3, 0.4) is 0 Å². The molecule has 0 unspecified atom stereocenters. The highest BCUT2D eigenvalue weighted by Crippen LogP contribution is 2.20. The van der Waals surface area contributed by atoms with E-state index in [-0.39, 0.29) is 11.8 Å². The van der Waals surface area contributed by atoms with Gasteiger partial charge in [0.1, 0.15) is 5.82 Å². The number of H-pyrrole nitrogens is 1. The van der Waals surface area contributed by atoms with Crippen molar-refractivity contribution in [3.8, 4) is 0 Å². The zero-order valence-electron chi connectivity index (χ0n) is 17.0. The van der Waals surface area contributed by atoms with Crippen molar-refractivity contribution >= 4 is 38.7 Å². The average Bonchev–Trinajstić information content (AvgIpc) is 3.15. The molecular weight excluding hydrogens is 420 g/mol. The maximum Gasteiger partial charge on any atom is 0.238 e. The molecule has 2 aromatic carbocycles. The van der Waals surface area contributed by atoms with Crippen LogP contribution in [0.1, 0.15) is 30.8 Å². The molecule has 0 aliphatic rings. The molecule has 0 bridgehead atoms. The van der Waals surface area contributed by atoms with E-state index >= 15 is 0 Å². The number of nitrogens with zero attached hydrogens (tertiary/aromatic N) is 1. The number of aromatic amines is 1. The van der Waals surface area contributed by atoms with E-state index in [1.54, 1.807) is 43.0 Å². The van der Waals surface area contributed by atoms with E-state index in [9.17, 15) is 13.2 Å². The van der Waals surface area contributed by atoms with Crippen molar-refractivity contribution in [2.24, 2.45) is 0 Å². The second-order valence-corrected chi connectivity index (χ2v) is 9.81. The summed E-state index contributed by atoms with van der Waals surface area (Å²) in [5.41, 5.74) is 2.39. The Balaban J connectivity index is 1.68. The topological polar surface area (TPSA) is 104 Å². The van der Waals surface area contributed by atoms with Gasteiger partial charge in [0.25, 0.3) is 0 Å². The van der Waals surface area contributed by atoms with Crippen molar-refractivity contribution in [1.82, 2.24) is 20.0 Å². The third-order valence-electron chi connectivity index (χ3n) is 4.61. The number of aromatic nitrogens is 2. The van der Waals surface area contributed by atoms with Gasteiger partial charge in [0.05, 0.1) is 28.9 Å². The lowest BCUT2D eigenvalue weighted by atomic mass is 10.2. The van der Waals surface area contributed by atoms with E-state index in [0.717, 1.165) is 16.8 Å². The van der Waals surface area contributed by atoms with E-state index in [0.29, 0.717) is 17.8 Å². The van der Waals surface area contributed by atoms with Gasteiger partial charge in [0.2, 0.25) is 15.9 Å². The minimum atomic E-state index is -3.66. The fourth-order valence-electron chi connectivity index (χ4n) is 3.11. The molecule has 7 nitrogen and oxygen atoms in total.